The van der Waals surface area contributed by atoms with Crippen LogP contribution in [-0.2, 0) is 0 Å². The molecule has 0 N–H and O–H groups in total. The molecular weight excluding hydrogens is 388 g/mol. The van der Waals surface area contributed by atoms with Crippen molar-refractivity contribution < 1.29 is 4.79 Å². The molecule has 3 heterocycles. The first kappa shape index (κ1) is 18.8. The molecule has 152 valence electrons. The van der Waals surface area contributed by atoms with Gasteiger partial charge in [0.2, 0.25) is 0 Å². The number of hydrogen-bond acceptors (Lipinski definition) is 5. The van der Waals surface area contributed by atoms with Crippen molar-refractivity contribution in [2.24, 2.45) is 0 Å². The summed E-state index contributed by atoms with van der Waals surface area (Å²) in [6.45, 7) is 2.48. The van der Waals surface area contributed by atoms with Crippen LogP contribution < -0.4 is 4.90 Å². The number of imidazole rings is 1. The van der Waals surface area contributed by atoms with E-state index in [-0.39, 0.29) is 5.91 Å². The first-order valence-corrected chi connectivity index (χ1v) is 10.2. The largest absolute Gasteiger partial charge is 0.352 e. The van der Waals surface area contributed by atoms with E-state index in [0.717, 1.165) is 16.7 Å². The number of benzene rings is 2. The van der Waals surface area contributed by atoms with Gasteiger partial charge in [0.05, 0.1) is 16.6 Å². The lowest BCUT2D eigenvalue weighted by atomic mass is 10.1. The second-order valence-corrected chi connectivity index (χ2v) is 7.42. The first-order valence-electron chi connectivity index (χ1n) is 10.2. The summed E-state index contributed by atoms with van der Waals surface area (Å²) in [6, 6.07) is 21.3. The summed E-state index contributed by atoms with van der Waals surface area (Å²) < 4.78 is 2.02. The minimum absolute atomic E-state index is 0.0169. The molecule has 31 heavy (non-hydrogen) atoms. The molecule has 1 fully saturated rings. The molecule has 1 aliphatic rings. The van der Waals surface area contributed by atoms with E-state index >= 15 is 0 Å². The molecule has 7 nitrogen and oxygen atoms in total. The van der Waals surface area contributed by atoms with Crippen molar-refractivity contribution in [3.05, 3.63) is 84.3 Å². The monoisotopic (exact) mass is 408 g/mol. The number of carbonyl (C=O) groups is 1. The van der Waals surface area contributed by atoms with Crippen molar-refractivity contribution >= 4 is 22.8 Å². The number of nitriles is 1. The van der Waals surface area contributed by atoms with Crippen LogP contribution in [0.4, 0.5) is 5.82 Å². The van der Waals surface area contributed by atoms with Gasteiger partial charge in [0, 0.05) is 43.6 Å². The molecule has 0 saturated carbocycles. The van der Waals surface area contributed by atoms with Crippen LogP contribution in [0.1, 0.15) is 15.9 Å². The smallest absolute Gasteiger partial charge is 0.253 e. The maximum absolute atomic E-state index is 13.0. The average molecular weight is 408 g/mol. The van der Waals surface area contributed by atoms with Gasteiger partial charge >= 0.3 is 0 Å². The summed E-state index contributed by atoms with van der Waals surface area (Å²) in [5.74, 6) is 0.706. The van der Waals surface area contributed by atoms with Gasteiger partial charge in [0.25, 0.3) is 5.91 Å². The number of carbonyl (C=O) groups excluding carboxylic acids is 1. The van der Waals surface area contributed by atoms with Crippen LogP contribution in [-0.4, -0.2) is 51.5 Å². The lowest BCUT2D eigenvalue weighted by molar-refractivity contribution is 0.0746. The van der Waals surface area contributed by atoms with Crippen molar-refractivity contribution in [1.29, 1.82) is 5.26 Å². The summed E-state index contributed by atoms with van der Waals surface area (Å²) >= 11 is 0. The molecule has 1 saturated heterocycles. The third-order valence-electron chi connectivity index (χ3n) is 5.62. The van der Waals surface area contributed by atoms with Crippen LogP contribution in [0.3, 0.4) is 0 Å². The Kier molecular flexibility index (Phi) is 4.81. The highest BCUT2D eigenvalue weighted by Gasteiger charge is 2.24. The Morgan fingerprint density at radius 3 is 2.45 bits per heavy atom. The Balaban J connectivity index is 1.29. The fourth-order valence-electron chi connectivity index (χ4n) is 3.97. The standard InChI is InChI=1S/C24H20N6O/c25-16-19-4-3-11-26-23(19)28-12-14-29(15-13-28)24(31)18-7-9-20(10-8-18)30-17-27-21-5-1-2-6-22(21)30/h1-11,17H,12-15H2. The predicted octanol–water partition coefficient (Wildman–Crippen LogP) is 3.25. The molecule has 0 spiro atoms. The molecule has 2 aromatic heterocycles. The number of pyridine rings is 1. The van der Waals surface area contributed by atoms with E-state index in [1.54, 1.807) is 24.7 Å². The zero-order valence-corrected chi connectivity index (χ0v) is 16.8. The normalized spacial score (nSPS) is 13.9. The lowest BCUT2D eigenvalue weighted by Crippen LogP contribution is -2.49. The fraction of sp³-hybridized carbons (Fsp3) is 0.167. The lowest BCUT2D eigenvalue weighted by Gasteiger charge is -2.35. The summed E-state index contributed by atoms with van der Waals surface area (Å²) in [6.07, 6.45) is 3.49. The minimum Gasteiger partial charge on any atom is -0.352 e. The highest BCUT2D eigenvalue weighted by molar-refractivity contribution is 5.94. The van der Waals surface area contributed by atoms with E-state index in [2.05, 4.69) is 20.9 Å². The molecule has 5 rings (SSSR count). The number of fused-ring (bicyclic) bond motifs is 1. The Morgan fingerprint density at radius 2 is 1.68 bits per heavy atom. The summed E-state index contributed by atoms with van der Waals surface area (Å²) in [5, 5.41) is 9.30. The zero-order valence-electron chi connectivity index (χ0n) is 16.8. The van der Waals surface area contributed by atoms with Gasteiger partial charge in [0.15, 0.2) is 0 Å². The molecule has 7 heteroatoms. The van der Waals surface area contributed by atoms with E-state index in [9.17, 15) is 10.1 Å². The van der Waals surface area contributed by atoms with Gasteiger partial charge in [-0.2, -0.15) is 5.26 Å². The van der Waals surface area contributed by atoms with E-state index in [1.165, 1.54) is 0 Å². The quantitative estimate of drug-likeness (QED) is 0.520. The fourth-order valence-corrected chi connectivity index (χ4v) is 3.97. The van der Waals surface area contributed by atoms with Crippen LogP contribution >= 0.6 is 0 Å². The Labute approximate surface area is 179 Å². The SMILES string of the molecule is N#Cc1cccnc1N1CCN(C(=O)c2ccc(-n3cnc4ccccc43)cc2)CC1. The van der Waals surface area contributed by atoms with E-state index < -0.39 is 0 Å². The number of nitrogens with zero attached hydrogens (tertiary/aromatic N) is 6. The average Bonchev–Trinajstić information content (AvgIpc) is 3.28. The van der Waals surface area contributed by atoms with Crippen molar-refractivity contribution in [2.45, 2.75) is 0 Å². The van der Waals surface area contributed by atoms with Crippen LogP contribution in [0.15, 0.2) is 73.2 Å². The summed E-state index contributed by atoms with van der Waals surface area (Å²) in [5.41, 5.74) is 4.16. The number of piperazine rings is 1. The predicted molar refractivity (Wildman–Crippen MR) is 118 cm³/mol. The molecule has 1 aliphatic heterocycles. The Morgan fingerprint density at radius 1 is 0.903 bits per heavy atom. The van der Waals surface area contributed by atoms with E-state index in [0.29, 0.717) is 43.1 Å². The highest BCUT2D eigenvalue weighted by Crippen LogP contribution is 2.21. The van der Waals surface area contributed by atoms with Crippen molar-refractivity contribution in [2.75, 3.05) is 31.1 Å². The van der Waals surface area contributed by atoms with Crippen molar-refractivity contribution in [3.8, 4) is 11.8 Å². The van der Waals surface area contributed by atoms with Gasteiger partial charge in [-0.3, -0.25) is 9.36 Å². The number of amides is 1. The van der Waals surface area contributed by atoms with Gasteiger partial charge in [-0.05, 0) is 48.5 Å². The van der Waals surface area contributed by atoms with Crippen LogP contribution in [0, 0.1) is 11.3 Å². The topological polar surface area (TPSA) is 78.0 Å². The Hall–Kier alpha value is -4.18. The van der Waals surface area contributed by atoms with Crippen LogP contribution in [0.2, 0.25) is 0 Å². The van der Waals surface area contributed by atoms with Gasteiger partial charge in [-0.25, -0.2) is 9.97 Å². The van der Waals surface area contributed by atoms with Gasteiger partial charge in [-0.1, -0.05) is 12.1 Å². The van der Waals surface area contributed by atoms with E-state index in [4.69, 9.17) is 0 Å². The van der Waals surface area contributed by atoms with E-state index in [1.807, 2.05) is 58.0 Å². The molecule has 0 radical (unpaired) electrons. The third-order valence-corrected chi connectivity index (χ3v) is 5.62. The Bertz CT molecular complexity index is 1280. The summed E-state index contributed by atoms with van der Waals surface area (Å²) in [7, 11) is 0. The first-order chi connectivity index (χ1) is 15.2. The zero-order chi connectivity index (χ0) is 21.2. The number of rotatable bonds is 3. The molecule has 0 bridgehead atoms. The number of para-hydroxylation sites is 2. The maximum atomic E-state index is 13.0. The highest BCUT2D eigenvalue weighted by atomic mass is 16.2. The molecule has 0 aliphatic carbocycles. The molecule has 4 aromatic rings. The minimum atomic E-state index is 0.0169. The molecule has 0 unspecified atom stereocenters. The summed E-state index contributed by atoms with van der Waals surface area (Å²) in [4.78, 5) is 25.7. The maximum Gasteiger partial charge on any atom is 0.253 e. The van der Waals surface area contributed by atoms with Crippen molar-refractivity contribution in [3.63, 3.8) is 0 Å². The molecular formula is C24H20N6O. The molecule has 2 aromatic carbocycles. The van der Waals surface area contributed by atoms with Gasteiger partial charge in [0.1, 0.15) is 18.2 Å². The molecule has 1 amide bonds. The second kappa shape index (κ2) is 7.92. The van der Waals surface area contributed by atoms with Crippen LogP contribution in [0.5, 0.6) is 0 Å². The van der Waals surface area contributed by atoms with Crippen LogP contribution in [0.25, 0.3) is 16.7 Å². The van der Waals surface area contributed by atoms with Gasteiger partial charge in [-0.15, -0.1) is 0 Å². The second-order valence-electron chi connectivity index (χ2n) is 7.42. The number of aromatic nitrogens is 3. The number of hydrogen-bond donors (Lipinski definition) is 0. The number of anilines is 1. The third kappa shape index (κ3) is 3.49. The van der Waals surface area contributed by atoms with Gasteiger partial charge < -0.3 is 9.80 Å². The van der Waals surface area contributed by atoms with Crippen molar-refractivity contribution in [1.82, 2.24) is 19.4 Å². The molecule has 0 atom stereocenters.